The third-order valence-corrected chi connectivity index (χ3v) is 4.90. The van der Waals surface area contributed by atoms with Crippen LogP contribution in [0.25, 0.3) is 0 Å². The van der Waals surface area contributed by atoms with Gasteiger partial charge in [-0.1, -0.05) is 24.3 Å². The van der Waals surface area contributed by atoms with Crippen molar-refractivity contribution >= 4 is 29.9 Å². The van der Waals surface area contributed by atoms with Crippen molar-refractivity contribution in [2.75, 3.05) is 6.54 Å². The number of furan rings is 2. The third-order valence-electron chi connectivity index (χ3n) is 4.90. The Bertz CT molecular complexity index is 860. The van der Waals surface area contributed by atoms with E-state index in [9.17, 15) is 0 Å². The Hall–Kier alpha value is -2.22. The van der Waals surface area contributed by atoms with Crippen LogP contribution in [-0.4, -0.2) is 18.5 Å². The van der Waals surface area contributed by atoms with Crippen LogP contribution < -0.4 is 10.6 Å². The van der Waals surface area contributed by atoms with E-state index in [0.717, 1.165) is 49.7 Å². The minimum absolute atomic E-state index is 0. The predicted octanol–water partition coefficient (Wildman–Crippen LogP) is 4.33. The maximum atomic E-state index is 5.41. The molecule has 1 aliphatic carbocycles. The standard InChI is InChI=1S/C22H25N3O2.HI/c1-2-6-18-15-19(10-9-17(18)5-1)25-22(24-16-21-8-4-14-27-21)23-12-11-20-7-3-13-26-20;/h1-8,13-14,19H,9-12,15-16H2,(H2,23,24,25);1H. The minimum atomic E-state index is 0. The Balaban J connectivity index is 0.00000225. The predicted molar refractivity (Wildman–Crippen MR) is 121 cm³/mol. The van der Waals surface area contributed by atoms with Crippen molar-refractivity contribution in [3.05, 3.63) is 83.7 Å². The topological polar surface area (TPSA) is 62.7 Å². The summed E-state index contributed by atoms with van der Waals surface area (Å²) in [5, 5.41) is 7.03. The summed E-state index contributed by atoms with van der Waals surface area (Å²) in [6.07, 6.45) is 7.44. The molecule has 1 atom stereocenters. The molecule has 1 aromatic carbocycles. The van der Waals surface area contributed by atoms with Gasteiger partial charge in [-0.3, -0.25) is 0 Å². The van der Waals surface area contributed by atoms with Crippen LogP contribution in [0.2, 0.25) is 0 Å². The summed E-state index contributed by atoms with van der Waals surface area (Å²) >= 11 is 0. The molecular formula is C22H26IN3O2. The van der Waals surface area contributed by atoms with Crippen LogP contribution in [0.15, 0.2) is 74.9 Å². The molecular weight excluding hydrogens is 465 g/mol. The molecule has 2 N–H and O–H groups in total. The first-order valence-electron chi connectivity index (χ1n) is 9.53. The second kappa shape index (κ2) is 10.4. The van der Waals surface area contributed by atoms with Gasteiger partial charge in [-0.2, -0.15) is 0 Å². The molecule has 0 aliphatic heterocycles. The van der Waals surface area contributed by atoms with Crippen LogP contribution in [0.4, 0.5) is 0 Å². The Morgan fingerprint density at radius 3 is 2.46 bits per heavy atom. The molecule has 0 spiro atoms. The van der Waals surface area contributed by atoms with Gasteiger partial charge in [0.2, 0.25) is 0 Å². The number of fused-ring (bicyclic) bond motifs is 1. The van der Waals surface area contributed by atoms with Gasteiger partial charge < -0.3 is 19.5 Å². The van der Waals surface area contributed by atoms with E-state index < -0.39 is 0 Å². The highest BCUT2D eigenvalue weighted by atomic mass is 127. The van der Waals surface area contributed by atoms with E-state index in [2.05, 4.69) is 34.9 Å². The quantitative estimate of drug-likeness (QED) is 0.306. The average Bonchev–Trinajstić information content (AvgIpc) is 3.40. The molecule has 28 heavy (non-hydrogen) atoms. The molecule has 0 radical (unpaired) electrons. The zero-order valence-corrected chi connectivity index (χ0v) is 18.1. The Labute approximate surface area is 182 Å². The maximum absolute atomic E-state index is 5.41. The molecule has 0 saturated carbocycles. The van der Waals surface area contributed by atoms with E-state index in [1.54, 1.807) is 12.5 Å². The summed E-state index contributed by atoms with van der Waals surface area (Å²) in [6, 6.07) is 16.8. The summed E-state index contributed by atoms with van der Waals surface area (Å²) in [6.45, 7) is 1.28. The number of nitrogens with one attached hydrogen (secondary N) is 2. The molecule has 3 aromatic rings. The molecule has 2 aromatic heterocycles. The van der Waals surface area contributed by atoms with Gasteiger partial charge in [-0.15, -0.1) is 24.0 Å². The normalized spacial score (nSPS) is 16.1. The molecule has 1 aliphatic rings. The van der Waals surface area contributed by atoms with Gasteiger partial charge in [0.05, 0.1) is 12.5 Å². The molecule has 4 rings (SSSR count). The molecule has 2 heterocycles. The fourth-order valence-corrected chi connectivity index (χ4v) is 3.49. The van der Waals surface area contributed by atoms with Crippen molar-refractivity contribution in [1.82, 2.24) is 10.6 Å². The molecule has 148 valence electrons. The van der Waals surface area contributed by atoms with Gasteiger partial charge in [-0.05, 0) is 54.7 Å². The lowest BCUT2D eigenvalue weighted by molar-refractivity contribution is 0.497. The monoisotopic (exact) mass is 491 g/mol. The van der Waals surface area contributed by atoms with E-state index >= 15 is 0 Å². The number of aryl methyl sites for hydroxylation is 1. The number of benzene rings is 1. The molecule has 6 heteroatoms. The van der Waals surface area contributed by atoms with E-state index in [1.165, 1.54) is 11.1 Å². The lowest BCUT2D eigenvalue weighted by atomic mass is 9.88. The number of rotatable bonds is 6. The first-order chi connectivity index (χ1) is 13.4. The van der Waals surface area contributed by atoms with Crippen LogP contribution in [0.5, 0.6) is 0 Å². The van der Waals surface area contributed by atoms with Crippen molar-refractivity contribution in [1.29, 1.82) is 0 Å². The molecule has 0 fully saturated rings. The number of aliphatic imine (C=N–C) groups is 1. The molecule has 0 saturated heterocycles. The zero-order chi connectivity index (χ0) is 18.3. The number of hydrogen-bond acceptors (Lipinski definition) is 3. The number of nitrogens with zero attached hydrogens (tertiary/aromatic N) is 1. The van der Waals surface area contributed by atoms with E-state index in [-0.39, 0.29) is 24.0 Å². The van der Waals surface area contributed by atoms with E-state index in [1.807, 2.05) is 24.3 Å². The summed E-state index contributed by atoms with van der Waals surface area (Å²) < 4.78 is 10.8. The van der Waals surface area contributed by atoms with Gasteiger partial charge in [0.25, 0.3) is 0 Å². The van der Waals surface area contributed by atoms with Crippen molar-refractivity contribution in [3.63, 3.8) is 0 Å². The smallest absolute Gasteiger partial charge is 0.191 e. The van der Waals surface area contributed by atoms with Gasteiger partial charge >= 0.3 is 0 Å². The fraction of sp³-hybridized carbons (Fsp3) is 0.318. The first-order valence-corrected chi connectivity index (χ1v) is 9.53. The number of hydrogen-bond donors (Lipinski definition) is 2. The van der Waals surface area contributed by atoms with E-state index in [0.29, 0.717) is 12.6 Å². The van der Waals surface area contributed by atoms with Crippen LogP contribution >= 0.6 is 24.0 Å². The summed E-state index contributed by atoms with van der Waals surface area (Å²) in [7, 11) is 0. The molecule has 0 amide bonds. The van der Waals surface area contributed by atoms with Gasteiger partial charge in [0.15, 0.2) is 5.96 Å². The van der Waals surface area contributed by atoms with Crippen molar-refractivity contribution < 1.29 is 8.83 Å². The SMILES string of the molecule is I.c1coc(CCNC(=NCc2ccco2)NC2CCc3ccccc3C2)c1. The second-order valence-electron chi connectivity index (χ2n) is 6.85. The minimum Gasteiger partial charge on any atom is -0.469 e. The summed E-state index contributed by atoms with van der Waals surface area (Å²) in [5.41, 5.74) is 2.90. The molecule has 1 unspecified atom stereocenters. The van der Waals surface area contributed by atoms with Gasteiger partial charge in [-0.25, -0.2) is 4.99 Å². The van der Waals surface area contributed by atoms with Gasteiger partial charge in [0.1, 0.15) is 18.1 Å². The van der Waals surface area contributed by atoms with Crippen LogP contribution in [-0.2, 0) is 25.8 Å². The van der Waals surface area contributed by atoms with Crippen LogP contribution in [0, 0.1) is 0 Å². The second-order valence-corrected chi connectivity index (χ2v) is 6.85. The highest BCUT2D eigenvalue weighted by Gasteiger charge is 2.19. The number of halogens is 1. The van der Waals surface area contributed by atoms with Crippen molar-refractivity contribution in [2.45, 2.75) is 38.3 Å². The highest BCUT2D eigenvalue weighted by Crippen LogP contribution is 2.21. The van der Waals surface area contributed by atoms with Crippen molar-refractivity contribution in [2.24, 2.45) is 4.99 Å². The lowest BCUT2D eigenvalue weighted by Crippen LogP contribution is -2.46. The zero-order valence-electron chi connectivity index (χ0n) is 15.8. The third kappa shape index (κ3) is 5.64. The lowest BCUT2D eigenvalue weighted by Gasteiger charge is -2.27. The molecule has 5 nitrogen and oxygen atoms in total. The number of guanidine groups is 1. The Morgan fingerprint density at radius 2 is 1.71 bits per heavy atom. The maximum Gasteiger partial charge on any atom is 0.191 e. The first kappa shape index (κ1) is 20.5. The Kier molecular flexibility index (Phi) is 7.59. The van der Waals surface area contributed by atoms with E-state index in [4.69, 9.17) is 13.8 Å². The summed E-state index contributed by atoms with van der Waals surface area (Å²) in [5.74, 6) is 2.65. The van der Waals surface area contributed by atoms with Gasteiger partial charge in [0, 0.05) is 19.0 Å². The largest absolute Gasteiger partial charge is 0.469 e. The molecule has 0 bridgehead atoms. The van der Waals surface area contributed by atoms with Crippen molar-refractivity contribution in [3.8, 4) is 0 Å². The van der Waals surface area contributed by atoms with Crippen LogP contribution in [0.1, 0.15) is 29.1 Å². The Morgan fingerprint density at radius 1 is 0.964 bits per heavy atom. The summed E-state index contributed by atoms with van der Waals surface area (Å²) in [4.78, 5) is 4.71. The van der Waals surface area contributed by atoms with Crippen LogP contribution in [0.3, 0.4) is 0 Å². The highest BCUT2D eigenvalue weighted by molar-refractivity contribution is 14.0. The average molecular weight is 491 g/mol. The fourth-order valence-electron chi connectivity index (χ4n) is 3.49.